The second kappa shape index (κ2) is 7.10. The molecule has 0 unspecified atom stereocenters. The lowest BCUT2D eigenvalue weighted by Crippen LogP contribution is -2.12. The Morgan fingerprint density at radius 2 is 2.05 bits per heavy atom. The number of hydrogen-bond acceptors (Lipinski definition) is 6. The molecule has 0 radical (unpaired) electrons. The molecule has 21 heavy (non-hydrogen) atoms. The summed E-state index contributed by atoms with van der Waals surface area (Å²) in [5, 5.41) is 6.92. The molecule has 0 saturated heterocycles. The van der Waals surface area contributed by atoms with E-state index >= 15 is 0 Å². The first-order valence-corrected chi connectivity index (χ1v) is 6.86. The highest BCUT2D eigenvalue weighted by atomic mass is 35.5. The summed E-state index contributed by atoms with van der Waals surface area (Å²) in [4.78, 5) is 8.27. The van der Waals surface area contributed by atoms with Gasteiger partial charge in [0.25, 0.3) is 0 Å². The number of rotatable bonds is 6. The lowest BCUT2D eigenvalue weighted by Gasteiger charge is -2.12. The maximum Gasteiger partial charge on any atom is 0.159 e. The van der Waals surface area contributed by atoms with Crippen LogP contribution in [0.5, 0.6) is 0 Å². The van der Waals surface area contributed by atoms with Crippen molar-refractivity contribution in [1.82, 2.24) is 9.97 Å². The van der Waals surface area contributed by atoms with E-state index in [-0.39, 0.29) is 0 Å². The minimum atomic E-state index is 0.449. The van der Waals surface area contributed by atoms with Gasteiger partial charge in [-0.15, -0.1) is 0 Å². The van der Waals surface area contributed by atoms with E-state index in [0.29, 0.717) is 35.5 Å². The van der Waals surface area contributed by atoms with Crippen LogP contribution in [0.4, 0.5) is 23.0 Å². The Labute approximate surface area is 128 Å². The van der Waals surface area contributed by atoms with E-state index in [1.165, 1.54) is 6.33 Å². The summed E-state index contributed by atoms with van der Waals surface area (Å²) in [7, 11) is 1.64. The summed E-state index contributed by atoms with van der Waals surface area (Å²) in [5.74, 6) is 1.10. The number of methoxy groups -OCH3 is 1. The number of benzene rings is 1. The fourth-order valence-corrected chi connectivity index (χ4v) is 1.90. The van der Waals surface area contributed by atoms with Gasteiger partial charge in [0, 0.05) is 24.4 Å². The highest BCUT2D eigenvalue weighted by Gasteiger charge is 2.08. The predicted octanol–water partition coefficient (Wildman–Crippen LogP) is 2.82. The Bertz CT molecular complexity index is 620. The molecule has 6 nitrogen and oxygen atoms in total. The summed E-state index contributed by atoms with van der Waals surface area (Å²) in [6.45, 7) is 3.14. The summed E-state index contributed by atoms with van der Waals surface area (Å²) in [6.07, 6.45) is 1.45. The van der Waals surface area contributed by atoms with E-state index in [2.05, 4.69) is 20.6 Å². The zero-order valence-corrected chi connectivity index (χ0v) is 12.7. The van der Waals surface area contributed by atoms with Gasteiger partial charge in [0.15, 0.2) is 11.6 Å². The van der Waals surface area contributed by atoms with Crippen LogP contribution < -0.4 is 16.4 Å². The summed E-state index contributed by atoms with van der Waals surface area (Å²) >= 11 is 6.11. The van der Waals surface area contributed by atoms with Crippen molar-refractivity contribution in [2.45, 2.75) is 6.92 Å². The lowest BCUT2D eigenvalue weighted by atomic mass is 10.2. The maximum absolute atomic E-state index is 6.11. The van der Waals surface area contributed by atoms with E-state index in [1.807, 2.05) is 25.1 Å². The minimum Gasteiger partial charge on any atom is -0.393 e. The summed E-state index contributed by atoms with van der Waals surface area (Å²) < 4.78 is 4.98. The van der Waals surface area contributed by atoms with Crippen molar-refractivity contribution in [3.63, 3.8) is 0 Å². The normalized spacial score (nSPS) is 10.4. The molecule has 0 aliphatic rings. The number of nitrogens with zero attached hydrogens (tertiary/aromatic N) is 2. The van der Waals surface area contributed by atoms with Crippen LogP contribution in [0.1, 0.15) is 5.56 Å². The maximum atomic E-state index is 6.11. The number of aromatic nitrogens is 2. The lowest BCUT2D eigenvalue weighted by molar-refractivity contribution is 0.210. The van der Waals surface area contributed by atoms with Crippen LogP contribution in [-0.4, -0.2) is 30.2 Å². The smallest absolute Gasteiger partial charge is 0.159 e. The number of halogens is 1. The molecule has 0 saturated carbocycles. The van der Waals surface area contributed by atoms with Gasteiger partial charge < -0.3 is 21.1 Å². The van der Waals surface area contributed by atoms with Crippen molar-refractivity contribution in [3.8, 4) is 0 Å². The van der Waals surface area contributed by atoms with E-state index < -0.39 is 0 Å². The van der Waals surface area contributed by atoms with Gasteiger partial charge in [-0.3, -0.25) is 0 Å². The topological polar surface area (TPSA) is 85.1 Å². The zero-order valence-electron chi connectivity index (χ0n) is 12.0. The Balaban J connectivity index is 2.16. The van der Waals surface area contributed by atoms with E-state index in [4.69, 9.17) is 22.1 Å². The molecule has 0 fully saturated rings. The molecule has 7 heteroatoms. The van der Waals surface area contributed by atoms with E-state index in [0.717, 1.165) is 11.3 Å². The number of anilines is 4. The van der Waals surface area contributed by atoms with Gasteiger partial charge in [-0.05, 0) is 24.6 Å². The molecule has 2 aromatic rings. The molecule has 1 heterocycles. The molecule has 0 spiro atoms. The van der Waals surface area contributed by atoms with Gasteiger partial charge in [-0.1, -0.05) is 17.7 Å². The van der Waals surface area contributed by atoms with Crippen molar-refractivity contribution >= 4 is 34.6 Å². The molecule has 0 amide bonds. The Morgan fingerprint density at radius 3 is 2.76 bits per heavy atom. The molecule has 0 bridgehead atoms. The van der Waals surface area contributed by atoms with E-state index in [1.54, 1.807) is 7.11 Å². The first-order valence-electron chi connectivity index (χ1n) is 6.48. The molecule has 0 aliphatic heterocycles. The van der Waals surface area contributed by atoms with Gasteiger partial charge in [0.05, 0.1) is 6.61 Å². The fourth-order valence-electron chi connectivity index (χ4n) is 1.71. The molecular weight excluding hydrogens is 290 g/mol. The van der Waals surface area contributed by atoms with Crippen LogP contribution in [0.2, 0.25) is 5.02 Å². The highest BCUT2D eigenvalue weighted by molar-refractivity contribution is 6.31. The van der Waals surface area contributed by atoms with Gasteiger partial charge >= 0.3 is 0 Å². The van der Waals surface area contributed by atoms with E-state index in [9.17, 15) is 0 Å². The average molecular weight is 308 g/mol. The van der Waals surface area contributed by atoms with Gasteiger partial charge in [-0.2, -0.15) is 0 Å². The minimum absolute atomic E-state index is 0.449. The third kappa shape index (κ3) is 3.96. The second-order valence-electron chi connectivity index (χ2n) is 4.49. The summed E-state index contributed by atoms with van der Waals surface area (Å²) in [6, 6.07) is 5.68. The van der Waals surface area contributed by atoms with Crippen LogP contribution in [0, 0.1) is 6.92 Å². The highest BCUT2D eigenvalue weighted by Crippen LogP contribution is 2.27. The SMILES string of the molecule is COCCNc1ncnc(Nc2ccc(C)c(Cl)c2)c1N. The standard InChI is InChI=1S/C14H18ClN5O/c1-9-3-4-10(7-11(9)15)20-14-12(16)13(18-8-19-14)17-5-6-21-2/h3-4,7-8H,5-6,16H2,1-2H3,(H2,17,18,19,20). The van der Waals surface area contributed by atoms with Crippen molar-refractivity contribution in [1.29, 1.82) is 0 Å². The Morgan fingerprint density at radius 1 is 1.29 bits per heavy atom. The number of ether oxygens (including phenoxy) is 1. The van der Waals surface area contributed by atoms with Crippen molar-refractivity contribution < 1.29 is 4.74 Å². The molecule has 1 aromatic heterocycles. The molecule has 4 N–H and O–H groups in total. The van der Waals surface area contributed by atoms with Crippen LogP contribution in [-0.2, 0) is 4.74 Å². The van der Waals surface area contributed by atoms with Crippen molar-refractivity contribution in [2.75, 3.05) is 36.6 Å². The third-order valence-electron chi connectivity index (χ3n) is 2.92. The van der Waals surface area contributed by atoms with Crippen LogP contribution >= 0.6 is 11.6 Å². The molecule has 2 rings (SSSR count). The third-order valence-corrected chi connectivity index (χ3v) is 3.32. The predicted molar refractivity (Wildman–Crippen MR) is 86.3 cm³/mol. The fraction of sp³-hybridized carbons (Fsp3) is 0.286. The monoisotopic (exact) mass is 307 g/mol. The van der Waals surface area contributed by atoms with Crippen LogP contribution in [0.3, 0.4) is 0 Å². The van der Waals surface area contributed by atoms with Gasteiger partial charge in [0.2, 0.25) is 0 Å². The second-order valence-corrected chi connectivity index (χ2v) is 4.90. The van der Waals surface area contributed by atoms with Gasteiger partial charge in [0.1, 0.15) is 12.0 Å². The van der Waals surface area contributed by atoms with Crippen molar-refractivity contribution in [3.05, 3.63) is 35.1 Å². The molecule has 0 aliphatic carbocycles. The molecule has 1 aromatic carbocycles. The first kappa shape index (κ1) is 15.3. The Hall–Kier alpha value is -2.05. The largest absolute Gasteiger partial charge is 0.393 e. The number of aryl methyl sites for hydroxylation is 1. The quantitative estimate of drug-likeness (QED) is 0.712. The number of nitrogens with two attached hydrogens (primary N) is 1. The number of nitrogen functional groups attached to an aromatic ring is 1. The van der Waals surface area contributed by atoms with Crippen LogP contribution in [0.15, 0.2) is 24.5 Å². The zero-order chi connectivity index (χ0) is 15.2. The number of hydrogen-bond donors (Lipinski definition) is 3. The first-order chi connectivity index (χ1) is 10.1. The molecule has 0 atom stereocenters. The van der Waals surface area contributed by atoms with Crippen LogP contribution in [0.25, 0.3) is 0 Å². The molecular formula is C14H18ClN5O. The van der Waals surface area contributed by atoms with Gasteiger partial charge in [-0.25, -0.2) is 9.97 Å². The van der Waals surface area contributed by atoms with Crippen molar-refractivity contribution in [2.24, 2.45) is 0 Å². The average Bonchev–Trinajstić information content (AvgIpc) is 2.47. The summed E-state index contributed by atoms with van der Waals surface area (Å²) in [5.41, 5.74) is 8.34. The number of nitrogens with one attached hydrogen (secondary N) is 2. The molecule has 112 valence electrons. The Kier molecular flexibility index (Phi) is 5.19.